The van der Waals surface area contributed by atoms with E-state index >= 15 is 0 Å². The van der Waals surface area contributed by atoms with Crippen LogP contribution in [0.4, 0.5) is 0 Å². The van der Waals surface area contributed by atoms with Gasteiger partial charge in [0.1, 0.15) is 0 Å². The second kappa shape index (κ2) is 6.51. The van der Waals surface area contributed by atoms with E-state index in [1.165, 1.54) is 22.3 Å². The van der Waals surface area contributed by atoms with Gasteiger partial charge in [-0.2, -0.15) is 0 Å². The molecular weight excluding hydrogens is 234 g/mol. The SMILES string of the molecule is Cc1ccc(CNCC2CN(C)CCN2)c(C)c1C. The molecule has 3 nitrogen and oxygen atoms in total. The van der Waals surface area contributed by atoms with Crippen LogP contribution in [0.1, 0.15) is 22.3 Å². The molecule has 0 spiro atoms. The zero-order valence-electron chi connectivity index (χ0n) is 12.7. The zero-order valence-corrected chi connectivity index (χ0v) is 12.7. The maximum absolute atomic E-state index is 3.59. The second-order valence-corrected chi connectivity index (χ2v) is 5.84. The summed E-state index contributed by atoms with van der Waals surface area (Å²) in [6, 6.07) is 5.06. The molecule has 19 heavy (non-hydrogen) atoms. The molecule has 2 N–H and O–H groups in total. The minimum atomic E-state index is 0.575. The topological polar surface area (TPSA) is 27.3 Å². The van der Waals surface area contributed by atoms with Gasteiger partial charge >= 0.3 is 0 Å². The molecule has 0 radical (unpaired) electrons. The molecule has 1 saturated heterocycles. The predicted octanol–water partition coefficient (Wildman–Crippen LogP) is 1.61. The van der Waals surface area contributed by atoms with E-state index in [4.69, 9.17) is 0 Å². The van der Waals surface area contributed by atoms with Gasteiger partial charge in [0.25, 0.3) is 0 Å². The predicted molar refractivity (Wildman–Crippen MR) is 81.6 cm³/mol. The van der Waals surface area contributed by atoms with Crippen LogP contribution in [0.25, 0.3) is 0 Å². The zero-order chi connectivity index (χ0) is 13.8. The maximum atomic E-state index is 3.59. The summed E-state index contributed by atoms with van der Waals surface area (Å²) in [6.45, 7) is 12.0. The average Bonchev–Trinajstić information content (AvgIpc) is 2.39. The van der Waals surface area contributed by atoms with E-state index in [0.717, 1.165) is 32.7 Å². The molecule has 3 heteroatoms. The van der Waals surface area contributed by atoms with E-state index in [1.54, 1.807) is 0 Å². The number of hydrogen-bond acceptors (Lipinski definition) is 3. The third kappa shape index (κ3) is 3.78. The van der Waals surface area contributed by atoms with Crippen molar-refractivity contribution in [2.45, 2.75) is 33.4 Å². The van der Waals surface area contributed by atoms with Crippen LogP contribution in [0.5, 0.6) is 0 Å². The Morgan fingerprint density at radius 3 is 2.79 bits per heavy atom. The minimum Gasteiger partial charge on any atom is -0.311 e. The second-order valence-electron chi connectivity index (χ2n) is 5.84. The fourth-order valence-electron chi connectivity index (χ4n) is 2.71. The summed E-state index contributed by atoms with van der Waals surface area (Å²) in [5, 5.41) is 7.16. The molecule has 1 atom stereocenters. The van der Waals surface area contributed by atoms with Crippen molar-refractivity contribution in [3.63, 3.8) is 0 Å². The van der Waals surface area contributed by atoms with Crippen molar-refractivity contribution in [3.8, 4) is 0 Å². The molecular formula is C16H27N3. The Labute approximate surface area is 117 Å². The Balaban J connectivity index is 1.84. The molecule has 1 unspecified atom stereocenters. The number of piperazine rings is 1. The highest BCUT2D eigenvalue weighted by atomic mass is 15.2. The van der Waals surface area contributed by atoms with Gasteiger partial charge in [0.15, 0.2) is 0 Å². The van der Waals surface area contributed by atoms with Gasteiger partial charge in [-0.1, -0.05) is 12.1 Å². The number of likely N-dealkylation sites (N-methyl/N-ethyl adjacent to an activating group) is 1. The lowest BCUT2D eigenvalue weighted by molar-refractivity contribution is 0.235. The Hall–Kier alpha value is -0.900. The first-order chi connectivity index (χ1) is 9.08. The number of nitrogens with one attached hydrogen (secondary N) is 2. The van der Waals surface area contributed by atoms with Gasteiger partial charge in [-0.3, -0.25) is 0 Å². The van der Waals surface area contributed by atoms with E-state index in [-0.39, 0.29) is 0 Å². The number of hydrogen-bond donors (Lipinski definition) is 2. The molecule has 1 aromatic rings. The highest BCUT2D eigenvalue weighted by Crippen LogP contribution is 2.16. The molecule has 0 bridgehead atoms. The van der Waals surface area contributed by atoms with Crippen molar-refractivity contribution in [1.82, 2.24) is 15.5 Å². The van der Waals surface area contributed by atoms with Crippen molar-refractivity contribution >= 4 is 0 Å². The van der Waals surface area contributed by atoms with Gasteiger partial charge in [0.2, 0.25) is 0 Å². The number of rotatable bonds is 4. The van der Waals surface area contributed by atoms with Crippen molar-refractivity contribution in [2.24, 2.45) is 0 Å². The molecule has 2 rings (SSSR count). The summed E-state index contributed by atoms with van der Waals surface area (Å²) >= 11 is 0. The fraction of sp³-hybridized carbons (Fsp3) is 0.625. The smallest absolute Gasteiger partial charge is 0.0320 e. The van der Waals surface area contributed by atoms with Gasteiger partial charge in [0.05, 0.1) is 0 Å². The largest absolute Gasteiger partial charge is 0.311 e. The van der Waals surface area contributed by atoms with Gasteiger partial charge in [-0.05, 0) is 50.1 Å². The van der Waals surface area contributed by atoms with E-state index in [0.29, 0.717) is 6.04 Å². The molecule has 106 valence electrons. The molecule has 0 aliphatic carbocycles. The van der Waals surface area contributed by atoms with Crippen molar-refractivity contribution < 1.29 is 0 Å². The summed E-state index contributed by atoms with van der Waals surface area (Å²) in [7, 11) is 2.20. The normalized spacial score (nSPS) is 20.7. The van der Waals surface area contributed by atoms with Crippen LogP contribution >= 0.6 is 0 Å². The van der Waals surface area contributed by atoms with Gasteiger partial charge in [-0.25, -0.2) is 0 Å². The summed E-state index contributed by atoms with van der Waals surface area (Å²) in [6.07, 6.45) is 0. The Bertz CT molecular complexity index is 428. The van der Waals surface area contributed by atoms with Crippen molar-refractivity contribution in [3.05, 3.63) is 34.4 Å². The van der Waals surface area contributed by atoms with E-state index in [9.17, 15) is 0 Å². The highest BCUT2D eigenvalue weighted by molar-refractivity contribution is 5.38. The fourth-order valence-corrected chi connectivity index (χ4v) is 2.71. The maximum Gasteiger partial charge on any atom is 0.0320 e. The van der Waals surface area contributed by atoms with Crippen molar-refractivity contribution in [2.75, 3.05) is 33.2 Å². The number of aryl methyl sites for hydroxylation is 1. The summed E-state index contributed by atoms with van der Waals surface area (Å²) < 4.78 is 0. The molecule has 0 aromatic heterocycles. The van der Waals surface area contributed by atoms with Crippen LogP contribution in [0.15, 0.2) is 12.1 Å². The van der Waals surface area contributed by atoms with Crippen molar-refractivity contribution in [1.29, 1.82) is 0 Å². The molecule has 1 aromatic carbocycles. The first-order valence-electron chi connectivity index (χ1n) is 7.26. The van der Waals surface area contributed by atoms with Gasteiger partial charge in [0, 0.05) is 38.8 Å². The number of nitrogens with zero attached hydrogens (tertiary/aromatic N) is 1. The van der Waals surface area contributed by atoms with Crippen LogP contribution in [0.3, 0.4) is 0 Å². The van der Waals surface area contributed by atoms with Crippen LogP contribution in [-0.4, -0.2) is 44.2 Å². The highest BCUT2D eigenvalue weighted by Gasteiger charge is 2.15. The Kier molecular flexibility index (Phi) is 4.97. The molecule has 1 fully saturated rings. The lowest BCUT2D eigenvalue weighted by Gasteiger charge is -2.31. The third-order valence-electron chi connectivity index (χ3n) is 4.33. The lowest BCUT2D eigenvalue weighted by Crippen LogP contribution is -2.53. The van der Waals surface area contributed by atoms with Crippen LogP contribution in [0, 0.1) is 20.8 Å². The molecule has 0 amide bonds. The van der Waals surface area contributed by atoms with E-state index in [1.807, 2.05) is 0 Å². The monoisotopic (exact) mass is 261 g/mol. The molecule has 0 saturated carbocycles. The molecule has 1 aliphatic heterocycles. The third-order valence-corrected chi connectivity index (χ3v) is 4.33. The molecule has 1 aliphatic rings. The minimum absolute atomic E-state index is 0.575. The quantitative estimate of drug-likeness (QED) is 0.862. The summed E-state index contributed by atoms with van der Waals surface area (Å²) in [5.74, 6) is 0. The van der Waals surface area contributed by atoms with Crippen LogP contribution in [-0.2, 0) is 6.54 Å². The molecule has 1 heterocycles. The van der Waals surface area contributed by atoms with Gasteiger partial charge < -0.3 is 15.5 Å². The summed E-state index contributed by atoms with van der Waals surface area (Å²) in [5.41, 5.74) is 5.67. The van der Waals surface area contributed by atoms with Crippen LogP contribution in [0.2, 0.25) is 0 Å². The van der Waals surface area contributed by atoms with E-state index < -0.39 is 0 Å². The lowest BCUT2D eigenvalue weighted by atomic mass is 9.99. The number of benzene rings is 1. The average molecular weight is 261 g/mol. The first kappa shape index (κ1) is 14.5. The van der Waals surface area contributed by atoms with Crippen LogP contribution < -0.4 is 10.6 Å². The van der Waals surface area contributed by atoms with E-state index in [2.05, 4.69) is 55.5 Å². The standard InChI is InChI=1S/C16H27N3/c1-12-5-6-15(14(3)13(12)2)9-17-10-16-11-19(4)8-7-18-16/h5-6,16-18H,7-11H2,1-4H3. The Morgan fingerprint density at radius 1 is 1.26 bits per heavy atom. The van der Waals surface area contributed by atoms with Gasteiger partial charge in [-0.15, -0.1) is 0 Å². The first-order valence-corrected chi connectivity index (χ1v) is 7.26. The Morgan fingerprint density at radius 2 is 2.05 bits per heavy atom. The summed E-state index contributed by atoms with van der Waals surface area (Å²) in [4.78, 5) is 2.39.